The van der Waals surface area contributed by atoms with E-state index in [2.05, 4.69) is 11.6 Å². The third-order valence-electron chi connectivity index (χ3n) is 1.01. The molecule has 0 aromatic rings. The molecule has 6 heteroatoms. The largest absolute Gasteiger partial charge is 0.303 e. The first kappa shape index (κ1) is 17.0. The maximum Gasteiger partial charge on any atom is 0.222 e. The van der Waals surface area contributed by atoms with E-state index in [0.29, 0.717) is 12.8 Å². The summed E-state index contributed by atoms with van der Waals surface area (Å²) in [6, 6.07) is 0. The van der Waals surface area contributed by atoms with Crippen LogP contribution in [0.4, 0.5) is 0 Å². The van der Waals surface area contributed by atoms with Crippen LogP contribution >= 0.6 is 44.8 Å². The lowest BCUT2D eigenvalue weighted by atomic mass is 10.4. The van der Waals surface area contributed by atoms with Crippen molar-refractivity contribution in [3.8, 4) is 0 Å². The zero-order valence-electron chi connectivity index (χ0n) is 8.00. The van der Waals surface area contributed by atoms with E-state index < -0.39 is 0 Å². The Morgan fingerprint density at radius 3 is 2.36 bits per heavy atom. The molecule has 2 nitrogen and oxygen atoms in total. The van der Waals surface area contributed by atoms with Gasteiger partial charge in [0.15, 0.2) is 0 Å². The number of hydrogen-bond acceptors (Lipinski definition) is 4. The predicted molar refractivity (Wildman–Crippen MR) is 67.5 cm³/mol. The van der Waals surface area contributed by atoms with Crippen LogP contribution in [-0.2, 0) is 9.59 Å². The summed E-state index contributed by atoms with van der Waals surface area (Å²) in [5.41, 5.74) is 0. The van der Waals surface area contributed by atoms with Crippen LogP contribution in [-0.4, -0.2) is 29.4 Å². The van der Waals surface area contributed by atoms with Crippen LogP contribution in [0.2, 0.25) is 0 Å². The Morgan fingerprint density at radius 2 is 1.86 bits per heavy atom. The molecule has 84 valence electrons. The molecule has 0 aliphatic carbocycles. The van der Waals surface area contributed by atoms with E-state index in [4.69, 9.17) is 11.6 Å². The molecule has 0 aliphatic rings. The first-order valence-corrected chi connectivity index (χ1v) is 7.63. The van der Waals surface area contributed by atoms with E-state index in [0.717, 1.165) is 24.2 Å². The number of alkyl halides is 1. The predicted octanol–water partition coefficient (Wildman–Crippen LogP) is 3.36. The average Bonchev–Trinajstić information content (AvgIpc) is 2.19. The van der Waals surface area contributed by atoms with Gasteiger partial charge in [-0.05, 0) is 18.0 Å². The maximum absolute atomic E-state index is 10.3. The lowest BCUT2D eigenvalue weighted by Crippen LogP contribution is -1.87. The van der Waals surface area contributed by atoms with Gasteiger partial charge in [-0.3, -0.25) is 4.79 Å². The molecule has 14 heavy (non-hydrogen) atoms. The van der Waals surface area contributed by atoms with Crippen molar-refractivity contribution in [3.63, 3.8) is 0 Å². The van der Waals surface area contributed by atoms with Crippen LogP contribution < -0.4 is 0 Å². The van der Waals surface area contributed by atoms with Crippen LogP contribution in [0.5, 0.6) is 0 Å². The molecule has 0 rings (SSSR count). The van der Waals surface area contributed by atoms with Gasteiger partial charge in [-0.2, -0.15) is 0 Å². The van der Waals surface area contributed by atoms with Crippen molar-refractivity contribution < 1.29 is 9.59 Å². The Bertz CT molecular complexity index is 145. The number of unbranched alkanes of at least 4 members (excludes halogenated alkanes) is 1. The van der Waals surface area contributed by atoms with E-state index in [9.17, 15) is 9.59 Å². The zero-order chi connectivity index (χ0) is 11.2. The minimum absolute atomic E-state index is 0.281. The smallest absolute Gasteiger partial charge is 0.222 e. The van der Waals surface area contributed by atoms with E-state index in [1.807, 2.05) is 0 Å². The molecule has 0 amide bonds. The summed E-state index contributed by atoms with van der Waals surface area (Å²) in [5, 5.41) is -0.281. The summed E-state index contributed by atoms with van der Waals surface area (Å²) in [7, 11) is 3.31. The van der Waals surface area contributed by atoms with Crippen molar-refractivity contribution in [2.24, 2.45) is 0 Å². The molecule has 0 heterocycles. The van der Waals surface area contributed by atoms with Gasteiger partial charge < -0.3 is 4.79 Å². The SMILES string of the molecule is CCl.O=CCCCSSCCC(=O)Cl. The summed E-state index contributed by atoms with van der Waals surface area (Å²) >= 11 is 9.77. The molecule has 0 fully saturated rings. The monoisotopic (exact) mass is 276 g/mol. The average molecular weight is 277 g/mol. The number of rotatable bonds is 8. The fraction of sp³-hybridized carbons (Fsp3) is 0.750. The number of aldehydes is 1. The van der Waals surface area contributed by atoms with Gasteiger partial charge in [0.1, 0.15) is 6.29 Å². The maximum atomic E-state index is 10.3. The zero-order valence-corrected chi connectivity index (χ0v) is 11.1. The van der Waals surface area contributed by atoms with Crippen LogP contribution in [0.3, 0.4) is 0 Å². The number of halogens is 2. The Balaban J connectivity index is 0. The molecule has 0 atom stereocenters. The van der Waals surface area contributed by atoms with Crippen molar-refractivity contribution in [2.75, 3.05) is 17.9 Å². The molecule has 0 aromatic carbocycles. The minimum Gasteiger partial charge on any atom is -0.303 e. The van der Waals surface area contributed by atoms with Gasteiger partial charge in [0.25, 0.3) is 0 Å². The lowest BCUT2D eigenvalue weighted by Gasteiger charge is -1.96. The fourth-order valence-corrected chi connectivity index (χ4v) is 2.77. The molecule has 0 saturated heterocycles. The Morgan fingerprint density at radius 1 is 1.29 bits per heavy atom. The molecule has 0 spiro atoms. The highest BCUT2D eigenvalue weighted by Gasteiger charge is 1.96. The Kier molecular flexibility index (Phi) is 19.5. The van der Waals surface area contributed by atoms with Crippen LogP contribution in [0, 0.1) is 0 Å². The van der Waals surface area contributed by atoms with Crippen molar-refractivity contribution in [1.82, 2.24) is 0 Å². The number of hydrogen-bond donors (Lipinski definition) is 0. The molecule has 0 aliphatic heterocycles. The number of carbonyl (C=O) groups is 2. The lowest BCUT2D eigenvalue weighted by molar-refractivity contribution is -0.111. The van der Waals surface area contributed by atoms with E-state index in [1.165, 1.54) is 6.38 Å². The molecule has 0 unspecified atom stereocenters. The van der Waals surface area contributed by atoms with Gasteiger partial charge in [-0.25, -0.2) is 0 Å². The topological polar surface area (TPSA) is 34.1 Å². The second kappa shape index (κ2) is 16.1. The van der Waals surface area contributed by atoms with Gasteiger partial charge in [0, 0.05) is 30.7 Å². The first-order valence-electron chi connectivity index (χ1n) is 4.01. The second-order valence-corrected chi connectivity index (χ2v) is 5.18. The van der Waals surface area contributed by atoms with Gasteiger partial charge in [0.05, 0.1) is 0 Å². The normalized spacial score (nSPS) is 8.79. The molecule has 0 bridgehead atoms. The molecule has 0 N–H and O–H groups in total. The summed E-state index contributed by atoms with van der Waals surface area (Å²) < 4.78 is 0. The van der Waals surface area contributed by atoms with Gasteiger partial charge in [0.2, 0.25) is 5.24 Å². The molecular formula is C8H14Cl2O2S2. The van der Waals surface area contributed by atoms with Crippen LogP contribution in [0.25, 0.3) is 0 Å². The highest BCUT2D eigenvalue weighted by molar-refractivity contribution is 8.76. The minimum atomic E-state index is -0.281. The highest BCUT2D eigenvalue weighted by atomic mass is 35.5. The third kappa shape index (κ3) is 18.4. The van der Waals surface area contributed by atoms with E-state index >= 15 is 0 Å². The van der Waals surface area contributed by atoms with Crippen LogP contribution in [0.1, 0.15) is 19.3 Å². The standard InChI is InChI=1S/C7H11ClO2S2.CH3Cl/c8-7(10)3-6-12-11-5-2-1-4-9;1-2/h4H,1-3,5-6H2;1H3. The second-order valence-electron chi connectivity index (χ2n) is 2.06. The summed E-state index contributed by atoms with van der Waals surface area (Å²) in [6.45, 7) is 0. The van der Waals surface area contributed by atoms with Crippen LogP contribution in [0.15, 0.2) is 0 Å². The van der Waals surface area contributed by atoms with E-state index in [-0.39, 0.29) is 5.24 Å². The summed E-state index contributed by atoms with van der Waals surface area (Å²) in [4.78, 5) is 20.2. The fourth-order valence-electron chi connectivity index (χ4n) is 0.465. The van der Waals surface area contributed by atoms with Gasteiger partial charge >= 0.3 is 0 Å². The number of carbonyl (C=O) groups excluding carboxylic acids is 2. The Hall–Kier alpha value is 0.620. The van der Waals surface area contributed by atoms with Crippen molar-refractivity contribution >= 4 is 56.3 Å². The van der Waals surface area contributed by atoms with Crippen molar-refractivity contribution in [3.05, 3.63) is 0 Å². The highest BCUT2D eigenvalue weighted by Crippen LogP contribution is 2.23. The third-order valence-corrected chi connectivity index (χ3v) is 3.70. The molecule has 0 saturated carbocycles. The first-order chi connectivity index (χ1) is 6.77. The van der Waals surface area contributed by atoms with Crippen molar-refractivity contribution in [1.29, 1.82) is 0 Å². The molecule has 0 aromatic heterocycles. The summed E-state index contributed by atoms with van der Waals surface area (Å²) in [5.74, 6) is 1.72. The molecular weight excluding hydrogens is 263 g/mol. The van der Waals surface area contributed by atoms with E-state index in [1.54, 1.807) is 21.6 Å². The van der Waals surface area contributed by atoms with Gasteiger partial charge in [-0.15, -0.1) is 11.6 Å². The Labute approximate surface area is 103 Å². The summed E-state index contributed by atoms with van der Waals surface area (Å²) in [6.07, 6.45) is 4.36. The quantitative estimate of drug-likeness (QED) is 0.224. The van der Waals surface area contributed by atoms with Crippen molar-refractivity contribution in [2.45, 2.75) is 19.3 Å². The molecule has 0 radical (unpaired) electrons. The van der Waals surface area contributed by atoms with Gasteiger partial charge in [-0.1, -0.05) is 21.6 Å².